The van der Waals surface area contributed by atoms with Gasteiger partial charge in [0.25, 0.3) is 0 Å². The van der Waals surface area contributed by atoms with Crippen LogP contribution in [0.25, 0.3) is 0 Å². The number of allylic oxidation sites excluding steroid dienone is 2. The van der Waals surface area contributed by atoms with Crippen molar-refractivity contribution >= 4 is 29.3 Å². The van der Waals surface area contributed by atoms with Gasteiger partial charge in [0.05, 0.1) is 6.10 Å². The fourth-order valence-electron chi connectivity index (χ4n) is 5.33. The number of methoxy groups -OCH3 is 1. The zero-order valence-electron chi connectivity index (χ0n) is 18.1. The monoisotopic (exact) mass is 461 g/mol. The molecule has 31 heavy (non-hydrogen) atoms. The maximum atomic E-state index is 11.3. The van der Waals surface area contributed by atoms with Gasteiger partial charge in [0.15, 0.2) is 0 Å². The second-order valence-corrected chi connectivity index (χ2v) is 10.3. The molecule has 0 bridgehead atoms. The first kappa shape index (κ1) is 22.9. The number of rotatable bonds is 8. The summed E-state index contributed by atoms with van der Waals surface area (Å²) in [5.74, 6) is 0.927. The zero-order valence-corrected chi connectivity index (χ0v) is 19.7. The summed E-state index contributed by atoms with van der Waals surface area (Å²) in [5.41, 5.74) is 7.24. The Bertz CT molecular complexity index is 864. The Hall–Kier alpha value is -1.27. The van der Waals surface area contributed by atoms with Crippen molar-refractivity contribution in [3.8, 4) is 0 Å². The van der Waals surface area contributed by atoms with E-state index in [0.29, 0.717) is 6.42 Å². The molecule has 6 heteroatoms. The molecule has 1 saturated carbocycles. The van der Waals surface area contributed by atoms with Gasteiger partial charge in [0.2, 0.25) is 5.91 Å². The first-order valence-electron chi connectivity index (χ1n) is 11.3. The van der Waals surface area contributed by atoms with Gasteiger partial charge in [-0.2, -0.15) is 0 Å². The predicted molar refractivity (Wildman–Crippen MR) is 127 cm³/mol. The molecule has 3 unspecified atom stereocenters. The number of thioether (sulfide) groups is 1. The quantitative estimate of drug-likeness (QED) is 0.532. The number of benzene rings is 1. The number of carbonyl (C=O) groups is 1. The average molecular weight is 462 g/mol. The Morgan fingerprint density at radius 3 is 2.84 bits per heavy atom. The molecule has 0 saturated heterocycles. The highest BCUT2D eigenvalue weighted by atomic mass is 35.5. The molecule has 1 amide bonds. The second kappa shape index (κ2) is 10.1. The molecule has 3 atom stereocenters. The van der Waals surface area contributed by atoms with Crippen LogP contribution < -0.4 is 5.73 Å². The minimum atomic E-state index is -0.597. The van der Waals surface area contributed by atoms with Gasteiger partial charge < -0.3 is 15.2 Å². The Balaban J connectivity index is 1.70. The molecule has 1 heterocycles. The molecule has 1 aliphatic heterocycles. The molecule has 0 radical (unpaired) electrons. The summed E-state index contributed by atoms with van der Waals surface area (Å²) in [5, 5.41) is 0.753. The summed E-state index contributed by atoms with van der Waals surface area (Å²) in [6.07, 6.45) is 14.0. The molecule has 1 fully saturated rings. The van der Waals surface area contributed by atoms with Crippen LogP contribution in [0.5, 0.6) is 0 Å². The van der Waals surface area contributed by atoms with E-state index in [0.717, 1.165) is 42.9 Å². The van der Waals surface area contributed by atoms with E-state index in [4.69, 9.17) is 26.8 Å². The van der Waals surface area contributed by atoms with Crippen molar-refractivity contribution in [2.75, 3.05) is 12.9 Å². The lowest BCUT2D eigenvalue weighted by Gasteiger charge is -2.48. The molecule has 3 aliphatic rings. The molecule has 2 aliphatic carbocycles. The summed E-state index contributed by atoms with van der Waals surface area (Å²) in [6.45, 7) is 0. The van der Waals surface area contributed by atoms with Gasteiger partial charge in [-0.3, -0.25) is 4.79 Å². The van der Waals surface area contributed by atoms with E-state index < -0.39 is 5.60 Å². The number of ether oxygens (including phenoxy) is 2. The number of fused-ring (bicyclic) bond motifs is 1. The van der Waals surface area contributed by atoms with Crippen LogP contribution in [-0.4, -0.2) is 36.6 Å². The van der Waals surface area contributed by atoms with Crippen LogP contribution in [-0.2, 0) is 14.3 Å². The van der Waals surface area contributed by atoms with Crippen LogP contribution in [0, 0.1) is 0 Å². The van der Waals surface area contributed by atoms with Crippen LogP contribution in [0.1, 0.15) is 62.8 Å². The Labute approximate surface area is 194 Å². The molecule has 4 nitrogen and oxygen atoms in total. The first-order valence-corrected chi connectivity index (χ1v) is 12.7. The minimum Gasteiger partial charge on any atom is -0.370 e. The maximum absolute atomic E-state index is 11.3. The van der Waals surface area contributed by atoms with Gasteiger partial charge in [-0.1, -0.05) is 36.6 Å². The van der Waals surface area contributed by atoms with Crippen molar-refractivity contribution in [2.45, 2.75) is 80.0 Å². The fraction of sp³-hybridized carbons (Fsp3) is 0.560. The van der Waals surface area contributed by atoms with Crippen LogP contribution in [0.15, 0.2) is 46.9 Å². The predicted octanol–water partition coefficient (Wildman–Crippen LogP) is 5.78. The van der Waals surface area contributed by atoms with Crippen molar-refractivity contribution in [2.24, 2.45) is 5.73 Å². The van der Waals surface area contributed by atoms with Crippen LogP contribution in [0.4, 0.5) is 0 Å². The third-order valence-corrected chi connectivity index (χ3v) is 8.20. The maximum Gasteiger partial charge on any atom is 0.217 e. The van der Waals surface area contributed by atoms with E-state index in [1.165, 1.54) is 28.9 Å². The normalized spacial score (nSPS) is 28.4. The summed E-state index contributed by atoms with van der Waals surface area (Å²) in [7, 11) is 1.80. The standard InChI is InChI=1S/C25H32ClNO3S/c1-29-25(21-13-15-31-22-12-11-18(26)16-20(21)22)14-5-7-17(6-4-10-23(27)28)24(25)30-19-8-2-3-9-19/h5,7,11-12,14,16,19,21,24H,2-4,6,8-10,13,15H2,1H3,(H2,27,28). The van der Waals surface area contributed by atoms with Gasteiger partial charge in [-0.05, 0) is 73.3 Å². The van der Waals surface area contributed by atoms with Gasteiger partial charge >= 0.3 is 0 Å². The summed E-state index contributed by atoms with van der Waals surface area (Å²) >= 11 is 8.30. The van der Waals surface area contributed by atoms with Crippen molar-refractivity contribution in [3.63, 3.8) is 0 Å². The molecule has 2 N–H and O–H groups in total. The van der Waals surface area contributed by atoms with Crippen LogP contribution in [0.3, 0.4) is 0 Å². The summed E-state index contributed by atoms with van der Waals surface area (Å²) in [4.78, 5) is 12.6. The van der Waals surface area contributed by atoms with E-state index in [1.54, 1.807) is 7.11 Å². The van der Waals surface area contributed by atoms with E-state index in [2.05, 4.69) is 30.4 Å². The van der Waals surface area contributed by atoms with Gasteiger partial charge in [-0.25, -0.2) is 0 Å². The topological polar surface area (TPSA) is 61.5 Å². The van der Waals surface area contributed by atoms with E-state index in [1.807, 2.05) is 17.8 Å². The molecular weight excluding hydrogens is 430 g/mol. The highest BCUT2D eigenvalue weighted by Crippen LogP contribution is 2.50. The Morgan fingerprint density at radius 2 is 2.10 bits per heavy atom. The fourth-order valence-corrected chi connectivity index (χ4v) is 6.61. The third-order valence-electron chi connectivity index (χ3n) is 6.84. The SMILES string of the molecule is COC1(C2CCSc3ccc(Cl)cc32)C=CC=C(CCCC(N)=O)C1OC1CCCC1. The molecule has 4 rings (SSSR count). The van der Waals surface area contributed by atoms with Crippen molar-refractivity contribution < 1.29 is 14.3 Å². The molecule has 0 spiro atoms. The van der Waals surface area contributed by atoms with E-state index in [-0.39, 0.29) is 24.0 Å². The number of primary amides is 1. The van der Waals surface area contributed by atoms with E-state index in [9.17, 15) is 4.79 Å². The number of hydrogen-bond donors (Lipinski definition) is 1. The van der Waals surface area contributed by atoms with Crippen molar-refractivity contribution in [1.29, 1.82) is 0 Å². The average Bonchev–Trinajstić information content (AvgIpc) is 3.27. The molecule has 168 valence electrons. The second-order valence-electron chi connectivity index (χ2n) is 8.77. The lowest BCUT2D eigenvalue weighted by molar-refractivity contribution is -0.125. The van der Waals surface area contributed by atoms with Gasteiger partial charge in [-0.15, -0.1) is 11.8 Å². The molecule has 1 aromatic rings. The largest absolute Gasteiger partial charge is 0.370 e. The molecule has 1 aromatic carbocycles. The minimum absolute atomic E-state index is 0.148. The summed E-state index contributed by atoms with van der Waals surface area (Å²) in [6, 6.07) is 6.19. The number of halogens is 1. The van der Waals surface area contributed by atoms with Gasteiger partial charge in [0, 0.05) is 29.4 Å². The van der Waals surface area contributed by atoms with Crippen LogP contribution in [0.2, 0.25) is 5.02 Å². The highest BCUT2D eigenvalue weighted by Gasteiger charge is 2.50. The zero-order chi connectivity index (χ0) is 21.8. The van der Waals surface area contributed by atoms with Crippen molar-refractivity contribution in [1.82, 2.24) is 0 Å². The Morgan fingerprint density at radius 1 is 1.29 bits per heavy atom. The number of carbonyl (C=O) groups excluding carboxylic acids is 1. The smallest absolute Gasteiger partial charge is 0.217 e. The lowest BCUT2D eigenvalue weighted by atomic mass is 9.71. The number of nitrogens with two attached hydrogens (primary N) is 1. The van der Waals surface area contributed by atoms with Crippen molar-refractivity contribution in [3.05, 3.63) is 52.6 Å². The molecule has 0 aromatic heterocycles. The Kier molecular flexibility index (Phi) is 7.48. The third kappa shape index (κ3) is 4.90. The lowest BCUT2D eigenvalue weighted by Crippen LogP contribution is -2.52. The highest BCUT2D eigenvalue weighted by molar-refractivity contribution is 7.99. The van der Waals surface area contributed by atoms with Crippen LogP contribution >= 0.6 is 23.4 Å². The first-order chi connectivity index (χ1) is 15.0. The van der Waals surface area contributed by atoms with E-state index >= 15 is 0 Å². The summed E-state index contributed by atoms with van der Waals surface area (Å²) < 4.78 is 13.2. The van der Waals surface area contributed by atoms with Gasteiger partial charge in [0.1, 0.15) is 11.7 Å². The number of hydrogen-bond acceptors (Lipinski definition) is 4. The number of amides is 1. The molecular formula is C25H32ClNO3S.